The molecule has 0 aliphatic heterocycles. The van der Waals surface area contributed by atoms with Crippen LogP contribution >= 0.6 is 36.4 Å². The summed E-state index contributed by atoms with van der Waals surface area (Å²) in [5, 5.41) is 23.6. The lowest BCUT2D eigenvalue weighted by Crippen LogP contribution is -2.33. The first kappa shape index (κ1) is 40.0. The van der Waals surface area contributed by atoms with Crippen LogP contribution in [0.3, 0.4) is 0 Å². The maximum atomic E-state index is 10.3. The molecular weight excluding hydrogens is 478 g/mol. The lowest BCUT2D eigenvalue weighted by molar-refractivity contribution is 0.180. The Morgan fingerprint density at radius 3 is 1.21 bits per heavy atom. The largest absolute Gasteiger partial charge is 0.412 e. The van der Waals surface area contributed by atoms with Crippen LogP contribution in [-0.2, 0) is 9.13 Å². The molecule has 184 valence electrons. The van der Waals surface area contributed by atoms with E-state index >= 15 is 0 Å². The molecule has 18 N–H and O–H groups in total. The Kier molecular flexibility index (Phi) is 32.2. The van der Waals surface area contributed by atoms with Gasteiger partial charge in [-0.3, -0.25) is 0 Å². The molecule has 29 heavy (non-hydrogen) atoms. The predicted molar refractivity (Wildman–Crippen MR) is 116 cm³/mol. The molecule has 2 unspecified atom stereocenters. The second-order valence-electron chi connectivity index (χ2n) is 4.83. The molecule has 0 amide bonds. The van der Waals surface area contributed by atoms with E-state index < -0.39 is 25.8 Å². The van der Waals surface area contributed by atoms with Gasteiger partial charge in [-0.2, -0.15) is 0 Å². The Labute approximate surface area is 177 Å². The molecule has 0 fully saturated rings. The highest BCUT2D eigenvalue weighted by molar-refractivity contribution is 8.54. The van der Waals surface area contributed by atoms with Crippen LogP contribution in [0.2, 0.25) is 0 Å². The van der Waals surface area contributed by atoms with Crippen molar-refractivity contribution in [2.45, 2.75) is 12.2 Å². The van der Waals surface area contributed by atoms with Crippen LogP contribution in [-0.4, -0.2) is 109 Å². The van der Waals surface area contributed by atoms with Crippen molar-refractivity contribution in [3.8, 4) is 0 Å². The maximum absolute atomic E-state index is 10.3. The van der Waals surface area contributed by atoms with Crippen molar-refractivity contribution in [3.05, 3.63) is 0 Å². The van der Waals surface area contributed by atoms with Gasteiger partial charge < -0.3 is 68.3 Å². The molecule has 2 atom stereocenters. The molecule has 0 heterocycles. The van der Waals surface area contributed by atoms with E-state index in [9.17, 15) is 9.13 Å². The van der Waals surface area contributed by atoms with Crippen molar-refractivity contribution in [3.63, 3.8) is 0 Å². The second-order valence-corrected chi connectivity index (χ2v) is 12.5. The summed E-state index contributed by atoms with van der Waals surface area (Å²) >= 11 is 1.17. The summed E-state index contributed by atoms with van der Waals surface area (Å²) in [6.45, 7) is -5.97. The Morgan fingerprint density at radius 2 is 1.00 bits per heavy atom. The smallest absolute Gasteiger partial charge is 0.384 e. The first-order chi connectivity index (χ1) is 11.9. The number of aliphatic hydroxyl groups excluding tert-OH is 2. The Hall–Kier alpha value is 0.640. The van der Waals surface area contributed by atoms with Crippen LogP contribution in [0.4, 0.5) is 0 Å². The van der Waals surface area contributed by atoms with Gasteiger partial charge >= 0.3 is 13.6 Å². The Bertz CT molecular complexity index is 394. The number of nitrogens with one attached hydrogen (secondary N) is 2. The zero-order chi connectivity index (χ0) is 20.6. The summed E-state index contributed by atoms with van der Waals surface area (Å²) in [6, 6.07) is 0. The minimum absolute atomic E-state index is 0. The summed E-state index contributed by atoms with van der Waals surface area (Å²) in [5.74, 6) is 0.614. The van der Waals surface area contributed by atoms with Crippen molar-refractivity contribution in [1.29, 1.82) is 0 Å². The molecule has 0 aromatic carbocycles. The summed E-state index contributed by atoms with van der Waals surface area (Å²) < 4.78 is 20.7. The third-order valence-corrected chi connectivity index (χ3v) is 6.94. The van der Waals surface area contributed by atoms with Gasteiger partial charge in [-0.25, -0.2) is 9.13 Å². The summed E-state index contributed by atoms with van der Waals surface area (Å²) in [6.07, 6.45) is -1.19. The molecule has 0 aromatic heterocycles. The van der Waals surface area contributed by atoms with Crippen LogP contribution in [0.1, 0.15) is 0 Å². The molecule has 0 rings (SSSR count). The molecule has 0 bridgehead atoms. The van der Waals surface area contributed by atoms with E-state index in [4.69, 9.17) is 41.3 Å². The van der Waals surface area contributed by atoms with Crippen molar-refractivity contribution < 1.29 is 55.3 Å². The zero-order valence-corrected chi connectivity index (χ0v) is 19.1. The van der Waals surface area contributed by atoms with Gasteiger partial charge in [0.25, 0.3) is 0 Å². The average molecular weight is 514 g/mol. The molecule has 15 nitrogen and oxygen atoms in total. The zero-order valence-electron chi connectivity index (χ0n) is 15.7. The molecular formula is C10H36N4O11P2S2. The van der Waals surface area contributed by atoms with Gasteiger partial charge in [-0.15, -0.1) is 0 Å². The third kappa shape index (κ3) is 39.7. The van der Waals surface area contributed by atoms with E-state index in [1.807, 2.05) is 0 Å². The van der Waals surface area contributed by atoms with Crippen molar-refractivity contribution in [2.75, 3.05) is 50.8 Å². The van der Waals surface area contributed by atoms with E-state index in [1.54, 1.807) is 0 Å². The van der Waals surface area contributed by atoms with E-state index in [-0.39, 0.29) is 29.5 Å². The minimum atomic E-state index is -3.95. The quantitative estimate of drug-likeness (QED) is 0.0766. The van der Waals surface area contributed by atoms with Crippen molar-refractivity contribution >= 4 is 36.4 Å². The minimum Gasteiger partial charge on any atom is -0.412 e. The molecule has 0 saturated heterocycles. The molecule has 0 aliphatic rings. The fraction of sp³-hybridized carbons (Fsp3) is 1.00. The molecule has 0 saturated carbocycles. The first-order valence-electron chi connectivity index (χ1n) is 7.49. The number of nitrogens with two attached hydrogens (primary N) is 2. The lowest BCUT2D eigenvalue weighted by atomic mass is 10.3. The predicted octanol–water partition coefficient (Wildman–Crippen LogP) is -5.03. The van der Waals surface area contributed by atoms with Gasteiger partial charge in [0.1, 0.15) is 0 Å². The highest BCUT2D eigenvalue weighted by Crippen LogP contribution is 2.50. The van der Waals surface area contributed by atoms with Crippen LogP contribution in [0.5, 0.6) is 0 Å². The topological polar surface area (TPSA) is 326 Å². The van der Waals surface area contributed by atoms with Crippen molar-refractivity contribution in [2.24, 2.45) is 11.5 Å². The van der Waals surface area contributed by atoms with Crippen LogP contribution < -0.4 is 22.1 Å². The maximum Gasteiger partial charge on any atom is 0.384 e. The SMILES string of the molecule is NCC(O)CNCCSP(=O)(O)O.NCC(O)CNCCSP(=O)(O)O.O.O.O. The fourth-order valence-electron chi connectivity index (χ4n) is 1.18. The van der Waals surface area contributed by atoms with Crippen LogP contribution in [0.25, 0.3) is 0 Å². The van der Waals surface area contributed by atoms with Gasteiger partial charge in [0, 0.05) is 50.8 Å². The van der Waals surface area contributed by atoms with Gasteiger partial charge in [0.05, 0.1) is 12.2 Å². The highest BCUT2D eigenvalue weighted by Gasteiger charge is 2.13. The summed E-state index contributed by atoms with van der Waals surface area (Å²) in [5.41, 5.74) is 10.3. The Morgan fingerprint density at radius 1 is 0.724 bits per heavy atom. The van der Waals surface area contributed by atoms with E-state index in [1.165, 1.54) is 0 Å². The number of rotatable bonds is 14. The number of aliphatic hydroxyl groups is 2. The molecule has 0 spiro atoms. The molecule has 0 aromatic rings. The number of hydrogen-bond donors (Lipinski definition) is 10. The van der Waals surface area contributed by atoms with Gasteiger partial charge in [0.15, 0.2) is 0 Å². The van der Waals surface area contributed by atoms with Gasteiger partial charge in [0.2, 0.25) is 0 Å². The van der Waals surface area contributed by atoms with Gasteiger partial charge in [-0.05, 0) is 22.8 Å². The Balaban J connectivity index is -0.000000120. The lowest BCUT2D eigenvalue weighted by Gasteiger charge is -2.08. The van der Waals surface area contributed by atoms with Crippen LogP contribution in [0, 0.1) is 0 Å². The van der Waals surface area contributed by atoms with Crippen molar-refractivity contribution in [1.82, 2.24) is 10.6 Å². The normalized spacial score (nSPS) is 13.0. The van der Waals surface area contributed by atoms with Gasteiger partial charge in [-0.1, -0.05) is 0 Å². The first-order valence-corrected chi connectivity index (χ1v) is 13.9. The second kappa shape index (κ2) is 23.3. The number of hydrogen-bond acceptors (Lipinski definition) is 10. The molecule has 19 heteroatoms. The van der Waals surface area contributed by atoms with E-state index in [0.717, 1.165) is 0 Å². The molecule has 0 radical (unpaired) electrons. The highest BCUT2D eigenvalue weighted by atomic mass is 32.7. The average Bonchev–Trinajstić information content (AvgIpc) is 2.52. The summed E-state index contributed by atoms with van der Waals surface area (Å²) in [7, 11) is 0. The molecule has 0 aliphatic carbocycles. The summed E-state index contributed by atoms with van der Waals surface area (Å²) in [4.78, 5) is 33.8. The fourth-order valence-corrected chi connectivity index (χ4v) is 4.10. The van der Waals surface area contributed by atoms with Crippen LogP contribution in [0.15, 0.2) is 0 Å². The standard InChI is InChI=1S/2C5H15N2O4PS.3H2O/c2*6-3-5(8)4-7-1-2-13-12(9,10)11;;;/h2*5,7-8H,1-4,6H2,(H2,9,10,11);3*1H2. The van der Waals surface area contributed by atoms with E-state index in [0.29, 0.717) is 60.4 Å². The van der Waals surface area contributed by atoms with E-state index in [2.05, 4.69) is 10.6 Å². The third-order valence-electron chi connectivity index (χ3n) is 2.38. The monoisotopic (exact) mass is 514 g/mol.